The van der Waals surface area contributed by atoms with Crippen LogP contribution in [0.5, 0.6) is 0 Å². The van der Waals surface area contributed by atoms with Crippen LogP contribution >= 0.6 is 11.8 Å². The zero-order valence-corrected chi connectivity index (χ0v) is 14.2. The number of rotatable bonds is 4. The van der Waals surface area contributed by atoms with Crippen molar-refractivity contribution in [3.63, 3.8) is 0 Å². The fourth-order valence-electron chi connectivity index (χ4n) is 2.63. The molecule has 0 amide bonds. The molecule has 0 radical (unpaired) electrons. The largest absolute Gasteiger partial charge is 0.233 e. The van der Waals surface area contributed by atoms with Crippen molar-refractivity contribution in [2.75, 3.05) is 0 Å². The minimum Gasteiger partial charge on any atom is -0.233 e. The molecule has 3 nitrogen and oxygen atoms in total. The number of nitrogens with zero attached hydrogens (tertiary/aromatic N) is 3. The fraction of sp³-hybridized carbons (Fsp3) is 0.100. The Morgan fingerprint density at radius 2 is 1.67 bits per heavy atom. The predicted octanol–water partition coefficient (Wildman–Crippen LogP) is 5.11. The maximum Gasteiger partial charge on any atom is 0.163 e. The van der Waals surface area contributed by atoms with E-state index < -0.39 is 0 Å². The molecule has 2 aromatic heterocycles. The first kappa shape index (κ1) is 15.0. The summed E-state index contributed by atoms with van der Waals surface area (Å²) >= 11 is 1.77. The van der Waals surface area contributed by atoms with Gasteiger partial charge in [0.25, 0.3) is 0 Å². The molecule has 0 saturated carbocycles. The van der Waals surface area contributed by atoms with Crippen LogP contribution in [0.3, 0.4) is 0 Å². The minimum absolute atomic E-state index is 0.915. The fourth-order valence-corrected chi connectivity index (χ4v) is 3.47. The molecule has 0 N–H and O–H groups in total. The molecule has 0 aliphatic carbocycles. The Balaban J connectivity index is 1.65. The van der Waals surface area contributed by atoms with Crippen molar-refractivity contribution in [2.45, 2.75) is 23.1 Å². The van der Waals surface area contributed by atoms with Crippen LogP contribution in [-0.2, 0) is 6.42 Å². The highest BCUT2D eigenvalue weighted by Gasteiger charge is 2.09. The van der Waals surface area contributed by atoms with E-state index in [9.17, 15) is 0 Å². The molecule has 2 heterocycles. The molecule has 2 aromatic carbocycles. The van der Waals surface area contributed by atoms with Gasteiger partial charge in [-0.3, -0.25) is 0 Å². The lowest BCUT2D eigenvalue weighted by atomic mass is 10.1. The van der Waals surface area contributed by atoms with E-state index in [4.69, 9.17) is 4.98 Å². The molecule has 0 atom stereocenters. The van der Waals surface area contributed by atoms with Gasteiger partial charge in [0.05, 0.1) is 6.20 Å². The van der Waals surface area contributed by atoms with Crippen LogP contribution in [0.4, 0.5) is 0 Å². The monoisotopic (exact) mass is 331 g/mol. The highest BCUT2D eigenvalue weighted by Crippen LogP contribution is 2.30. The van der Waals surface area contributed by atoms with Crippen molar-refractivity contribution in [3.8, 4) is 11.1 Å². The molecular formula is C20H17N3S. The molecule has 0 unspecified atom stereocenters. The summed E-state index contributed by atoms with van der Waals surface area (Å²) in [6.07, 6.45) is 4.79. The van der Waals surface area contributed by atoms with E-state index in [-0.39, 0.29) is 0 Å². The molecule has 0 bridgehead atoms. The van der Waals surface area contributed by atoms with Crippen molar-refractivity contribution >= 4 is 17.4 Å². The van der Waals surface area contributed by atoms with Gasteiger partial charge in [0.2, 0.25) is 0 Å². The molecular weight excluding hydrogens is 314 g/mol. The molecule has 24 heavy (non-hydrogen) atoms. The van der Waals surface area contributed by atoms with Gasteiger partial charge in [0.15, 0.2) is 5.65 Å². The first-order valence-electron chi connectivity index (χ1n) is 8.00. The third-order valence-electron chi connectivity index (χ3n) is 3.93. The molecule has 4 heteroatoms. The Morgan fingerprint density at radius 1 is 0.917 bits per heavy atom. The zero-order valence-electron chi connectivity index (χ0n) is 13.4. The van der Waals surface area contributed by atoms with E-state index in [1.54, 1.807) is 11.8 Å². The number of fused-ring (bicyclic) bond motifs is 1. The number of aromatic nitrogens is 3. The first-order chi connectivity index (χ1) is 11.8. The normalized spacial score (nSPS) is 11.0. The number of hydrogen-bond donors (Lipinski definition) is 0. The summed E-state index contributed by atoms with van der Waals surface area (Å²) in [7, 11) is 0. The Labute approximate surface area is 145 Å². The zero-order chi connectivity index (χ0) is 16.4. The van der Waals surface area contributed by atoms with E-state index in [0.29, 0.717) is 0 Å². The lowest BCUT2D eigenvalue weighted by Gasteiger charge is -2.04. The molecule has 0 spiro atoms. The Morgan fingerprint density at radius 3 is 2.42 bits per heavy atom. The first-order valence-corrected chi connectivity index (χ1v) is 8.82. The van der Waals surface area contributed by atoms with Gasteiger partial charge >= 0.3 is 0 Å². The lowest BCUT2D eigenvalue weighted by Crippen LogP contribution is -1.94. The molecule has 118 valence electrons. The van der Waals surface area contributed by atoms with Crippen molar-refractivity contribution in [2.24, 2.45) is 0 Å². The van der Waals surface area contributed by atoms with Crippen LogP contribution in [0.1, 0.15) is 12.6 Å². The van der Waals surface area contributed by atoms with Crippen LogP contribution in [0, 0.1) is 0 Å². The predicted molar refractivity (Wildman–Crippen MR) is 98.4 cm³/mol. The Hall–Kier alpha value is -2.59. The lowest BCUT2D eigenvalue weighted by molar-refractivity contribution is 0.912. The topological polar surface area (TPSA) is 30.2 Å². The molecule has 4 aromatic rings. The third-order valence-corrected chi connectivity index (χ3v) is 4.95. The highest BCUT2D eigenvalue weighted by atomic mass is 32.2. The summed E-state index contributed by atoms with van der Waals surface area (Å²) in [5.74, 6) is 0. The Kier molecular flexibility index (Phi) is 4.05. The maximum absolute atomic E-state index is 4.72. The second-order valence-corrected chi connectivity index (χ2v) is 6.69. The number of benzene rings is 2. The average Bonchev–Trinajstić information content (AvgIpc) is 3.06. The van der Waals surface area contributed by atoms with Gasteiger partial charge in [-0.25, -0.2) is 9.50 Å². The third kappa shape index (κ3) is 2.93. The van der Waals surface area contributed by atoms with Crippen molar-refractivity contribution in [3.05, 3.63) is 78.8 Å². The highest BCUT2D eigenvalue weighted by molar-refractivity contribution is 7.99. The standard InChI is InChI=1S/C20H17N3S/c1-2-16-12-13-23-20(22-16)19(14-21-23)15-8-10-18(11-9-15)24-17-6-4-3-5-7-17/h3-14H,2H2,1H3. The maximum atomic E-state index is 4.72. The molecule has 0 aliphatic heterocycles. The van der Waals surface area contributed by atoms with Crippen molar-refractivity contribution < 1.29 is 0 Å². The van der Waals surface area contributed by atoms with Crippen LogP contribution in [-0.4, -0.2) is 14.6 Å². The van der Waals surface area contributed by atoms with E-state index in [0.717, 1.165) is 28.9 Å². The van der Waals surface area contributed by atoms with E-state index in [1.165, 1.54) is 9.79 Å². The van der Waals surface area contributed by atoms with Gasteiger partial charge in [-0.15, -0.1) is 0 Å². The summed E-state index contributed by atoms with van der Waals surface area (Å²) in [4.78, 5) is 7.19. The second kappa shape index (κ2) is 6.49. The van der Waals surface area contributed by atoms with E-state index >= 15 is 0 Å². The van der Waals surface area contributed by atoms with Crippen LogP contribution in [0.2, 0.25) is 0 Å². The van der Waals surface area contributed by atoms with Crippen molar-refractivity contribution in [1.29, 1.82) is 0 Å². The van der Waals surface area contributed by atoms with Crippen LogP contribution < -0.4 is 0 Å². The summed E-state index contributed by atoms with van der Waals surface area (Å²) in [6.45, 7) is 2.12. The number of hydrogen-bond acceptors (Lipinski definition) is 3. The molecule has 4 rings (SSSR count). The van der Waals surface area contributed by atoms with Gasteiger partial charge in [-0.2, -0.15) is 5.10 Å². The average molecular weight is 331 g/mol. The summed E-state index contributed by atoms with van der Waals surface area (Å²) in [6, 6.07) is 21.0. The summed E-state index contributed by atoms with van der Waals surface area (Å²) in [5.41, 5.74) is 4.21. The molecule has 0 saturated heterocycles. The molecule has 0 aliphatic rings. The van der Waals surface area contributed by atoms with E-state index in [1.807, 2.05) is 29.0 Å². The Bertz CT molecular complexity index is 959. The SMILES string of the molecule is CCc1ccn2ncc(-c3ccc(Sc4ccccc4)cc3)c2n1. The number of aryl methyl sites for hydroxylation is 1. The molecule has 0 fully saturated rings. The van der Waals surface area contributed by atoms with Crippen molar-refractivity contribution in [1.82, 2.24) is 14.6 Å². The van der Waals surface area contributed by atoms with Gasteiger partial charge < -0.3 is 0 Å². The van der Waals surface area contributed by atoms with Gasteiger partial charge in [0.1, 0.15) is 0 Å². The summed E-state index contributed by atoms with van der Waals surface area (Å²) in [5, 5.41) is 4.41. The van der Waals surface area contributed by atoms with Gasteiger partial charge in [-0.05, 0) is 42.3 Å². The quantitative estimate of drug-likeness (QED) is 0.520. The smallest absolute Gasteiger partial charge is 0.163 e. The minimum atomic E-state index is 0.915. The van der Waals surface area contributed by atoms with Gasteiger partial charge in [-0.1, -0.05) is 49.0 Å². The van der Waals surface area contributed by atoms with E-state index in [2.05, 4.69) is 60.6 Å². The van der Waals surface area contributed by atoms with Crippen LogP contribution in [0.15, 0.2) is 82.8 Å². The second-order valence-electron chi connectivity index (χ2n) is 5.54. The van der Waals surface area contributed by atoms with Gasteiger partial charge in [0, 0.05) is 27.2 Å². The summed E-state index contributed by atoms with van der Waals surface area (Å²) < 4.78 is 1.83. The van der Waals surface area contributed by atoms with Crippen LogP contribution in [0.25, 0.3) is 16.8 Å².